The van der Waals surface area contributed by atoms with Gasteiger partial charge in [-0.15, -0.1) is 5.10 Å². The molecule has 0 saturated carbocycles. The minimum Gasteiger partial charge on any atom is -0.369 e. The highest BCUT2D eigenvalue weighted by Crippen LogP contribution is 2.36. The van der Waals surface area contributed by atoms with Crippen LogP contribution in [0.25, 0.3) is 0 Å². The number of H-pyrrole nitrogens is 1. The third kappa shape index (κ3) is 3.07. The lowest BCUT2D eigenvalue weighted by atomic mass is 9.81. The predicted molar refractivity (Wildman–Crippen MR) is 92.8 cm³/mol. The van der Waals surface area contributed by atoms with Gasteiger partial charge in [0.2, 0.25) is 5.96 Å². The normalized spacial score (nSPS) is 18.7. The summed E-state index contributed by atoms with van der Waals surface area (Å²) in [5.74, 6) is 0.162. The largest absolute Gasteiger partial charge is 0.369 e. The molecule has 0 bridgehead atoms. The van der Waals surface area contributed by atoms with Crippen LogP contribution in [-0.2, 0) is 12.8 Å². The number of benzene rings is 1. The van der Waals surface area contributed by atoms with Gasteiger partial charge in [0.15, 0.2) is 0 Å². The van der Waals surface area contributed by atoms with Crippen molar-refractivity contribution in [1.29, 1.82) is 0 Å². The van der Waals surface area contributed by atoms with Crippen LogP contribution in [0.1, 0.15) is 41.8 Å². The van der Waals surface area contributed by atoms with Gasteiger partial charge in [0.25, 0.3) is 0 Å². The first kappa shape index (κ1) is 15.6. The highest BCUT2D eigenvalue weighted by atomic mass is 35.5. The van der Waals surface area contributed by atoms with Crippen LogP contribution in [0.3, 0.4) is 0 Å². The van der Waals surface area contributed by atoms with E-state index in [0.29, 0.717) is 0 Å². The van der Waals surface area contributed by atoms with E-state index in [1.165, 1.54) is 0 Å². The van der Waals surface area contributed by atoms with Crippen LogP contribution in [0, 0.1) is 0 Å². The summed E-state index contributed by atoms with van der Waals surface area (Å²) in [7, 11) is 0. The van der Waals surface area contributed by atoms with Crippen molar-refractivity contribution in [2.45, 2.75) is 32.1 Å². The van der Waals surface area contributed by atoms with Crippen molar-refractivity contribution in [1.82, 2.24) is 10.2 Å². The average molecular weight is 331 g/mol. The molecule has 3 rings (SSSR count). The minimum absolute atomic E-state index is 0.0551. The number of nitrogens with zero attached hydrogens (tertiary/aromatic N) is 3. The first-order valence-corrected chi connectivity index (χ1v) is 7.94. The molecular formula is C16H19ClN6. The van der Waals surface area contributed by atoms with Crippen LogP contribution < -0.4 is 11.5 Å². The highest BCUT2D eigenvalue weighted by molar-refractivity contribution is 6.31. The Morgan fingerprint density at radius 3 is 2.83 bits per heavy atom. The Kier molecular flexibility index (Phi) is 4.34. The topological polar surface area (TPSA) is 105 Å². The summed E-state index contributed by atoms with van der Waals surface area (Å²) in [6.07, 6.45) is 2.39. The smallest absolute Gasteiger partial charge is 0.211 e. The Morgan fingerprint density at radius 1 is 1.35 bits per heavy atom. The van der Waals surface area contributed by atoms with E-state index in [2.05, 4.69) is 27.3 Å². The molecule has 1 atom stereocenters. The van der Waals surface area contributed by atoms with Crippen LogP contribution in [0.5, 0.6) is 0 Å². The van der Waals surface area contributed by atoms with Crippen molar-refractivity contribution in [2.24, 2.45) is 21.7 Å². The van der Waals surface area contributed by atoms with Gasteiger partial charge in [-0.05, 0) is 36.8 Å². The zero-order chi connectivity index (χ0) is 16.4. The summed E-state index contributed by atoms with van der Waals surface area (Å²) >= 11 is 6.36. The summed E-state index contributed by atoms with van der Waals surface area (Å²) < 4.78 is 0. The van der Waals surface area contributed by atoms with Crippen molar-refractivity contribution in [3.8, 4) is 0 Å². The van der Waals surface area contributed by atoms with E-state index in [1.807, 2.05) is 24.3 Å². The molecule has 1 aromatic carbocycles. The summed E-state index contributed by atoms with van der Waals surface area (Å²) in [5, 5.41) is 16.4. The molecule has 6 nitrogen and oxygen atoms in total. The number of aromatic nitrogens is 2. The molecule has 120 valence electrons. The molecule has 23 heavy (non-hydrogen) atoms. The number of aromatic amines is 1. The number of halogens is 1. The number of rotatable bonds is 3. The van der Waals surface area contributed by atoms with Crippen molar-refractivity contribution in [2.75, 3.05) is 0 Å². The van der Waals surface area contributed by atoms with Gasteiger partial charge in [0.1, 0.15) is 0 Å². The molecule has 0 amide bonds. The molecule has 1 unspecified atom stereocenters. The Labute approximate surface area is 139 Å². The fourth-order valence-electron chi connectivity index (χ4n) is 3.05. The fourth-order valence-corrected chi connectivity index (χ4v) is 3.34. The standard InChI is InChI=1S/C16H19ClN6/c1-2-12-15-13(21-20-12)7-9(8-14(15)22-23-16(18)19)10-5-3-4-6-11(10)17/h3-6,9H,2,7-8H2,1H3,(H,20,21)(H4,18,19,23)/b22-14-. The van der Waals surface area contributed by atoms with E-state index in [9.17, 15) is 0 Å². The highest BCUT2D eigenvalue weighted by Gasteiger charge is 2.30. The SMILES string of the molecule is CCc1n[nH]c2c1/C(=N\N=C(N)N)CC(c1ccccc1Cl)C2. The number of guanidine groups is 1. The fraction of sp³-hybridized carbons (Fsp3) is 0.312. The molecular weight excluding hydrogens is 312 g/mol. The maximum absolute atomic E-state index is 6.36. The molecule has 7 heteroatoms. The van der Waals surface area contributed by atoms with Crippen LogP contribution in [0.15, 0.2) is 34.5 Å². The Hall–Kier alpha value is -2.34. The number of hydrogen-bond donors (Lipinski definition) is 3. The molecule has 0 spiro atoms. The second-order valence-corrected chi connectivity index (χ2v) is 5.98. The van der Waals surface area contributed by atoms with Crippen LogP contribution >= 0.6 is 11.6 Å². The molecule has 2 aromatic rings. The summed E-state index contributed by atoms with van der Waals surface area (Å²) in [6, 6.07) is 7.88. The van der Waals surface area contributed by atoms with Crippen LogP contribution in [0.4, 0.5) is 0 Å². The lowest BCUT2D eigenvalue weighted by Gasteiger charge is -2.24. The van der Waals surface area contributed by atoms with E-state index in [0.717, 1.165) is 52.5 Å². The first-order chi connectivity index (χ1) is 11.1. The van der Waals surface area contributed by atoms with Gasteiger partial charge in [-0.1, -0.05) is 36.7 Å². The molecule has 0 aliphatic heterocycles. The molecule has 1 aliphatic rings. The minimum atomic E-state index is -0.0551. The predicted octanol–water partition coefficient (Wildman–Crippen LogP) is 2.33. The second kappa shape index (κ2) is 6.42. The maximum Gasteiger partial charge on any atom is 0.211 e. The molecule has 1 aromatic heterocycles. The molecule has 5 N–H and O–H groups in total. The summed E-state index contributed by atoms with van der Waals surface area (Å²) in [4.78, 5) is 0. The first-order valence-electron chi connectivity index (χ1n) is 7.56. The molecule has 1 heterocycles. The van der Waals surface area contributed by atoms with E-state index < -0.39 is 0 Å². The lowest BCUT2D eigenvalue weighted by Crippen LogP contribution is -2.23. The van der Waals surface area contributed by atoms with Gasteiger partial charge in [0.05, 0.1) is 11.4 Å². The van der Waals surface area contributed by atoms with E-state index in [4.69, 9.17) is 23.1 Å². The number of fused-ring (bicyclic) bond motifs is 1. The van der Waals surface area contributed by atoms with E-state index >= 15 is 0 Å². The maximum atomic E-state index is 6.36. The Bertz CT molecular complexity index is 773. The van der Waals surface area contributed by atoms with Gasteiger partial charge in [0, 0.05) is 16.3 Å². The van der Waals surface area contributed by atoms with Crippen molar-refractivity contribution < 1.29 is 0 Å². The quantitative estimate of drug-likeness (QED) is 0.457. The van der Waals surface area contributed by atoms with Gasteiger partial charge in [-0.2, -0.15) is 10.2 Å². The number of hydrogen-bond acceptors (Lipinski definition) is 3. The number of nitrogens with one attached hydrogen (secondary N) is 1. The Morgan fingerprint density at radius 2 is 2.13 bits per heavy atom. The number of aryl methyl sites for hydroxylation is 1. The van der Waals surface area contributed by atoms with Gasteiger partial charge < -0.3 is 11.5 Å². The monoisotopic (exact) mass is 330 g/mol. The molecule has 0 saturated heterocycles. The lowest BCUT2D eigenvalue weighted by molar-refractivity contribution is 0.679. The summed E-state index contributed by atoms with van der Waals surface area (Å²) in [5.41, 5.74) is 15.9. The van der Waals surface area contributed by atoms with Gasteiger partial charge >= 0.3 is 0 Å². The van der Waals surface area contributed by atoms with Crippen molar-refractivity contribution in [3.63, 3.8) is 0 Å². The van der Waals surface area contributed by atoms with Crippen LogP contribution in [0.2, 0.25) is 5.02 Å². The molecule has 0 radical (unpaired) electrons. The second-order valence-electron chi connectivity index (χ2n) is 5.58. The number of nitrogens with two attached hydrogens (primary N) is 2. The van der Waals surface area contributed by atoms with Crippen molar-refractivity contribution >= 4 is 23.3 Å². The zero-order valence-electron chi connectivity index (χ0n) is 12.9. The van der Waals surface area contributed by atoms with Crippen LogP contribution in [-0.4, -0.2) is 21.9 Å². The van der Waals surface area contributed by atoms with Gasteiger partial charge in [-0.25, -0.2) is 0 Å². The molecule has 0 fully saturated rings. The third-order valence-electron chi connectivity index (χ3n) is 4.06. The average Bonchev–Trinajstić information content (AvgIpc) is 2.96. The van der Waals surface area contributed by atoms with Gasteiger partial charge in [-0.3, -0.25) is 5.10 Å². The zero-order valence-corrected chi connectivity index (χ0v) is 13.6. The van der Waals surface area contributed by atoms with Crippen molar-refractivity contribution in [3.05, 3.63) is 51.8 Å². The van der Waals surface area contributed by atoms with E-state index in [1.54, 1.807) is 0 Å². The Balaban J connectivity index is 2.05. The molecule has 1 aliphatic carbocycles. The van der Waals surface area contributed by atoms with E-state index in [-0.39, 0.29) is 11.9 Å². The summed E-state index contributed by atoms with van der Waals surface area (Å²) in [6.45, 7) is 2.06. The third-order valence-corrected chi connectivity index (χ3v) is 4.41.